The summed E-state index contributed by atoms with van der Waals surface area (Å²) in [6, 6.07) is 6.83. The number of anilines is 1. The molecule has 1 aliphatic rings. The number of thiazole rings is 1. The van der Waals surface area contributed by atoms with Gasteiger partial charge in [0.2, 0.25) is 0 Å². The average Bonchev–Trinajstić information content (AvgIpc) is 3.14. The lowest BCUT2D eigenvalue weighted by atomic mass is 10.1. The maximum absolute atomic E-state index is 11.9. The van der Waals surface area contributed by atoms with Gasteiger partial charge in [-0.2, -0.15) is 0 Å². The molecule has 0 fully saturated rings. The predicted molar refractivity (Wildman–Crippen MR) is 89.3 cm³/mol. The number of ketones is 1. The Hall–Kier alpha value is -2.21. The van der Waals surface area contributed by atoms with Gasteiger partial charge in [0.05, 0.1) is 5.69 Å². The molecule has 1 heterocycles. The quantitative estimate of drug-likeness (QED) is 0.826. The Morgan fingerprint density at radius 3 is 2.74 bits per heavy atom. The molecule has 0 saturated heterocycles. The van der Waals surface area contributed by atoms with Crippen LogP contribution in [-0.4, -0.2) is 23.3 Å². The van der Waals surface area contributed by atoms with Gasteiger partial charge in [0.1, 0.15) is 5.75 Å². The standard InChI is InChI=1S/C17H18N2O3S/c1-2-14(20)11-6-8-12(9-7-11)22-10-16(21)19-17-18-13-4-3-5-15(13)23-17/h6-9H,2-5,10H2,1H3,(H,18,19,21). The number of aromatic nitrogens is 1. The van der Waals surface area contributed by atoms with Crippen molar-refractivity contribution in [2.45, 2.75) is 32.6 Å². The molecule has 0 bridgehead atoms. The molecule has 5 nitrogen and oxygen atoms in total. The molecule has 0 saturated carbocycles. The van der Waals surface area contributed by atoms with Crippen LogP contribution in [0.1, 0.15) is 40.7 Å². The Bertz CT molecular complexity index is 700. The van der Waals surface area contributed by atoms with Crippen molar-refractivity contribution < 1.29 is 14.3 Å². The van der Waals surface area contributed by atoms with E-state index in [2.05, 4.69) is 10.3 Å². The summed E-state index contributed by atoms with van der Waals surface area (Å²) in [6.07, 6.45) is 3.69. The molecular weight excluding hydrogens is 312 g/mol. The van der Waals surface area contributed by atoms with Gasteiger partial charge in [-0.3, -0.25) is 14.9 Å². The average molecular weight is 330 g/mol. The molecule has 1 N–H and O–H groups in total. The molecule has 1 amide bonds. The lowest BCUT2D eigenvalue weighted by Crippen LogP contribution is -2.20. The zero-order chi connectivity index (χ0) is 16.2. The number of nitrogens with one attached hydrogen (secondary N) is 1. The van der Waals surface area contributed by atoms with E-state index < -0.39 is 0 Å². The van der Waals surface area contributed by atoms with Gasteiger partial charge in [-0.1, -0.05) is 6.92 Å². The van der Waals surface area contributed by atoms with Crippen molar-refractivity contribution in [1.29, 1.82) is 0 Å². The van der Waals surface area contributed by atoms with Crippen LogP contribution in [0.15, 0.2) is 24.3 Å². The van der Waals surface area contributed by atoms with E-state index in [1.54, 1.807) is 35.6 Å². The van der Waals surface area contributed by atoms with E-state index in [0.29, 0.717) is 22.9 Å². The van der Waals surface area contributed by atoms with Crippen LogP contribution in [0.2, 0.25) is 0 Å². The van der Waals surface area contributed by atoms with Gasteiger partial charge in [-0.05, 0) is 43.5 Å². The van der Waals surface area contributed by atoms with E-state index in [0.717, 1.165) is 25.0 Å². The van der Waals surface area contributed by atoms with Gasteiger partial charge < -0.3 is 4.74 Å². The maximum Gasteiger partial charge on any atom is 0.264 e. The van der Waals surface area contributed by atoms with Crippen LogP contribution < -0.4 is 10.1 Å². The number of nitrogens with zero attached hydrogens (tertiary/aromatic N) is 1. The Morgan fingerprint density at radius 2 is 2.04 bits per heavy atom. The van der Waals surface area contributed by atoms with Crippen LogP contribution in [0.25, 0.3) is 0 Å². The lowest BCUT2D eigenvalue weighted by Gasteiger charge is -2.06. The first kappa shape index (κ1) is 15.7. The van der Waals surface area contributed by atoms with Crippen molar-refractivity contribution in [2.75, 3.05) is 11.9 Å². The van der Waals surface area contributed by atoms with Crippen molar-refractivity contribution in [1.82, 2.24) is 4.98 Å². The molecule has 2 aromatic rings. The van der Waals surface area contributed by atoms with Crippen LogP contribution in [0.4, 0.5) is 5.13 Å². The fourth-order valence-corrected chi connectivity index (χ4v) is 3.56. The summed E-state index contributed by atoms with van der Waals surface area (Å²) in [4.78, 5) is 29.1. The van der Waals surface area contributed by atoms with Crippen molar-refractivity contribution in [3.63, 3.8) is 0 Å². The van der Waals surface area contributed by atoms with E-state index >= 15 is 0 Å². The summed E-state index contributed by atoms with van der Waals surface area (Å²) in [5.41, 5.74) is 1.77. The Morgan fingerprint density at radius 1 is 1.26 bits per heavy atom. The number of fused-ring (bicyclic) bond motifs is 1. The second kappa shape index (κ2) is 6.91. The number of rotatable bonds is 6. The zero-order valence-corrected chi connectivity index (χ0v) is 13.7. The van der Waals surface area contributed by atoms with Gasteiger partial charge in [0.25, 0.3) is 5.91 Å². The Balaban J connectivity index is 1.51. The van der Waals surface area contributed by atoms with Gasteiger partial charge in [-0.25, -0.2) is 4.98 Å². The third-order valence-electron chi connectivity index (χ3n) is 3.71. The molecule has 0 spiro atoms. The number of ether oxygens (including phenoxy) is 1. The molecule has 0 aliphatic heterocycles. The molecule has 6 heteroatoms. The van der Waals surface area contributed by atoms with Crippen molar-refractivity contribution in [2.24, 2.45) is 0 Å². The molecule has 0 radical (unpaired) electrons. The first-order valence-electron chi connectivity index (χ1n) is 7.70. The Kier molecular flexibility index (Phi) is 4.71. The second-order valence-corrected chi connectivity index (χ2v) is 6.46. The van der Waals surface area contributed by atoms with Gasteiger partial charge in [0.15, 0.2) is 17.5 Å². The van der Waals surface area contributed by atoms with Crippen LogP contribution in [0.5, 0.6) is 5.75 Å². The third kappa shape index (κ3) is 3.76. The fraction of sp³-hybridized carbons (Fsp3) is 0.353. The number of hydrogen-bond donors (Lipinski definition) is 1. The number of amides is 1. The minimum atomic E-state index is -0.230. The van der Waals surface area contributed by atoms with E-state index in [1.807, 2.05) is 6.92 Å². The lowest BCUT2D eigenvalue weighted by molar-refractivity contribution is -0.118. The number of hydrogen-bond acceptors (Lipinski definition) is 5. The monoisotopic (exact) mass is 330 g/mol. The number of aryl methyl sites for hydroxylation is 2. The summed E-state index contributed by atoms with van der Waals surface area (Å²) in [6.45, 7) is 1.75. The van der Waals surface area contributed by atoms with Crippen molar-refractivity contribution in [3.05, 3.63) is 40.4 Å². The third-order valence-corrected chi connectivity index (χ3v) is 4.78. The summed E-state index contributed by atoms with van der Waals surface area (Å²) in [5.74, 6) is 0.423. The highest BCUT2D eigenvalue weighted by molar-refractivity contribution is 7.15. The maximum atomic E-state index is 11.9. The summed E-state index contributed by atoms with van der Waals surface area (Å²) in [5, 5.41) is 3.42. The minimum Gasteiger partial charge on any atom is -0.484 e. The van der Waals surface area contributed by atoms with Crippen molar-refractivity contribution >= 4 is 28.2 Å². The van der Waals surface area contributed by atoms with Crippen LogP contribution >= 0.6 is 11.3 Å². The van der Waals surface area contributed by atoms with E-state index in [-0.39, 0.29) is 18.3 Å². The van der Waals surface area contributed by atoms with Crippen LogP contribution in [0.3, 0.4) is 0 Å². The molecular formula is C17H18N2O3S. The highest BCUT2D eigenvalue weighted by Crippen LogP contribution is 2.30. The molecule has 0 atom stereocenters. The highest BCUT2D eigenvalue weighted by atomic mass is 32.1. The number of benzene rings is 1. The largest absolute Gasteiger partial charge is 0.484 e. The summed E-state index contributed by atoms with van der Waals surface area (Å²) < 4.78 is 5.44. The van der Waals surface area contributed by atoms with E-state index in [4.69, 9.17) is 4.74 Å². The Labute approximate surface area is 138 Å². The predicted octanol–water partition coefficient (Wildman–Crippen LogP) is 3.24. The molecule has 23 heavy (non-hydrogen) atoms. The number of carbonyl (C=O) groups excluding carboxylic acids is 2. The SMILES string of the molecule is CCC(=O)c1ccc(OCC(=O)Nc2nc3c(s2)CCC3)cc1. The summed E-state index contributed by atoms with van der Waals surface area (Å²) >= 11 is 1.54. The first-order valence-corrected chi connectivity index (χ1v) is 8.52. The second-order valence-electron chi connectivity index (χ2n) is 5.38. The molecule has 120 valence electrons. The van der Waals surface area contributed by atoms with Gasteiger partial charge in [0, 0.05) is 16.9 Å². The van der Waals surface area contributed by atoms with Gasteiger partial charge in [-0.15, -0.1) is 11.3 Å². The van der Waals surface area contributed by atoms with E-state index in [9.17, 15) is 9.59 Å². The smallest absolute Gasteiger partial charge is 0.264 e. The van der Waals surface area contributed by atoms with Crippen molar-refractivity contribution in [3.8, 4) is 5.75 Å². The molecule has 0 unspecified atom stereocenters. The first-order chi connectivity index (χ1) is 11.2. The molecule has 1 aromatic heterocycles. The van der Waals surface area contributed by atoms with Gasteiger partial charge >= 0.3 is 0 Å². The molecule has 1 aliphatic carbocycles. The summed E-state index contributed by atoms with van der Waals surface area (Å²) in [7, 11) is 0. The highest BCUT2D eigenvalue weighted by Gasteiger charge is 2.17. The van der Waals surface area contributed by atoms with E-state index in [1.165, 1.54) is 4.88 Å². The normalized spacial score (nSPS) is 12.7. The van der Waals surface area contributed by atoms with Crippen LogP contribution in [-0.2, 0) is 17.6 Å². The molecule has 1 aromatic carbocycles. The molecule has 3 rings (SSSR count). The van der Waals surface area contributed by atoms with Crippen LogP contribution in [0, 0.1) is 0 Å². The minimum absolute atomic E-state index is 0.0781. The number of carbonyl (C=O) groups is 2. The topological polar surface area (TPSA) is 68.3 Å². The fourth-order valence-electron chi connectivity index (χ4n) is 2.49. The zero-order valence-electron chi connectivity index (χ0n) is 12.9. The number of Topliss-reactive ketones (excluding diaryl/α,β-unsaturated/α-hetero) is 1.